The molecule has 1 aliphatic heterocycles. The van der Waals surface area contributed by atoms with E-state index in [0.29, 0.717) is 30.3 Å². The van der Waals surface area contributed by atoms with E-state index >= 15 is 0 Å². The molecular formula is C12H17NO3. The largest absolute Gasteiger partial charge is 0.486 e. The lowest BCUT2D eigenvalue weighted by molar-refractivity contribution is 0.0999. The first-order valence-corrected chi connectivity index (χ1v) is 5.38. The standard InChI is InChI=1S/C9H9NO3.C3H8/c10-9(11)6-1-2-7-8(5-6)13-4-3-12-7;1-3-2/h1-2,5H,3-4H2,(H2,10,11);3H2,1-2H3. The third-order valence-corrected chi connectivity index (χ3v) is 1.83. The Balaban J connectivity index is 0.000000386. The summed E-state index contributed by atoms with van der Waals surface area (Å²) in [6, 6.07) is 4.90. The van der Waals surface area contributed by atoms with Crippen molar-refractivity contribution < 1.29 is 14.3 Å². The van der Waals surface area contributed by atoms with Gasteiger partial charge in [-0.3, -0.25) is 4.79 Å². The monoisotopic (exact) mass is 223 g/mol. The molecule has 0 spiro atoms. The first kappa shape index (κ1) is 12.4. The van der Waals surface area contributed by atoms with Crippen LogP contribution in [0.2, 0.25) is 0 Å². The van der Waals surface area contributed by atoms with Gasteiger partial charge in [0.2, 0.25) is 5.91 Å². The van der Waals surface area contributed by atoms with Crippen LogP contribution in [0.15, 0.2) is 18.2 Å². The Bertz CT molecular complexity index is 363. The SMILES string of the molecule is CCC.NC(=O)c1ccc2c(c1)OCCO2. The first-order valence-electron chi connectivity index (χ1n) is 5.38. The summed E-state index contributed by atoms with van der Waals surface area (Å²) in [6.07, 6.45) is 1.25. The van der Waals surface area contributed by atoms with Crippen LogP contribution in [0, 0.1) is 0 Å². The molecule has 0 bridgehead atoms. The molecule has 0 aromatic heterocycles. The van der Waals surface area contributed by atoms with Crippen molar-refractivity contribution in [2.75, 3.05) is 13.2 Å². The Morgan fingerprint density at radius 3 is 2.38 bits per heavy atom. The van der Waals surface area contributed by atoms with Crippen LogP contribution in [0.1, 0.15) is 30.6 Å². The summed E-state index contributed by atoms with van der Waals surface area (Å²) in [5.41, 5.74) is 5.55. The van der Waals surface area contributed by atoms with E-state index in [1.54, 1.807) is 18.2 Å². The van der Waals surface area contributed by atoms with Crippen LogP contribution in [0.4, 0.5) is 0 Å². The Labute approximate surface area is 95.3 Å². The van der Waals surface area contributed by atoms with E-state index in [1.165, 1.54) is 6.42 Å². The van der Waals surface area contributed by atoms with E-state index in [0.717, 1.165) is 0 Å². The minimum absolute atomic E-state index is 0.434. The fourth-order valence-electron chi connectivity index (χ4n) is 1.20. The van der Waals surface area contributed by atoms with Crippen LogP contribution in [0.3, 0.4) is 0 Å². The molecule has 1 aromatic rings. The molecule has 88 valence electrons. The van der Waals surface area contributed by atoms with E-state index in [1.807, 2.05) is 0 Å². The molecule has 2 rings (SSSR count). The zero-order valence-electron chi connectivity index (χ0n) is 9.66. The number of fused-ring (bicyclic) bond motifs is 1. The van der Waals surface area contributed by atoms with E-state index in [4.69, 9.17) is 15.2 Å². The zero-order chi connectivity index (χ0) is 12.0. The second-order valence-electron chi connectivity index (χ2n) is 3.43. The molecule has 0 atom stereocenters. The van der Waals surface area contributed by atoms with Crippen molar-refractivity contribution in [3.63, 3.8) is 0 Å². The molecule has 0 saturated carbocycles. The van der Waals surface area contributed by atoms with Crippen LogP contribution in [0.5, 0.6) is 11.5 Å². The minimum atomic E-state index is -0.461. The van der Waals surface area contributed by atoms with Gasteiger partial charge in [-0.2, -0.15) is 0 Å². The van der Waals surface area contributed by atoms with Crippen molar-refractivity contribution >= 4 is 5.91 Å². The molecule has 4 nitrogen and oxygen atoms in total. The lowest BCUT2D eigenvalue weighted by atomic mass is 10.2. The number of hydrogen-bond donors (Lipinski definition) is 1. The van der Waals surface area contributed by atoms with Gasteiger partial charge in [-0.25, -0.2) is 0 Å². The average Bonchev–Trinajstić information content (AvgIpc) is 2.29. The summed E-state index contributed by atoms with van der Waals surface area (Å²) in [4.78, 5) is 10.8. The summed E-state index contributed by atoms with van der Waals surface area (Å²) in [5.74, 6) is 0.788. The molecule has 0 radical (unpaired) electrons. The molecular weight excluding hydrogens is 206 g/mol. The van der Waals surface area contributed by atoms with Gasteiger partial charge in [0.25, 0.3) is 0 Å². The maximum absolute atomic E-state index is 10.8. The van der Waals surface area contributed by atoms with Gasteiger partial charge in [-0.1, -0.05) is 20.3 Å². The van der Waals surface area contributed by atoms with E-state index in [2.05, 4.69) is 13.8 Å². The van der Waals surface area contributed by atoms with Crippen molar-refractivity contribution in [2.24, 2.45) is 5.73 Å². The third kappa shape index (κ3) is 3.15. The molecule has 1 aromatic carbocycles. The highest BCUT2D eigenvalue weighted by Gasteiger charge is 2.12. The predicted molar refractivity (Wildman–Crippen MR) is 61.9 cm³/mol. The molecule has 1 aliphatic rings. The number of nitrogens with two attached hydrogens (primary N) is 1. The molecule has 0 fully saturated rings. The second-order valence-corrected chi connectivity index (χ2v) is 3.43. The number of ether oxygens (including phenoxy) is 2. The van der Waals surface area contributed by atoms with Crippen LogP contribution in [0.25, 0.3) is 0 Å². The van der Waals surface area contributed by atoms with Gasteiger partial charge < -0.3 is 15.2 Å². The summed E-state index contributed by atoms with van der Waals surface area (Å²) >= 11 is 0. The van der Waals surface area contributed by atoms with E-state index in [9.17, 15) is 4.79 Å². The Morgan fingerprint density at radius 1 is 1.25 bits per heavy atom. The highest BCUT2D eigenvalue weighted by atomic mass is 16.6. The van der Waals surface area contributed by atoms with Crippen molar-refractivity contribution in [1.82, 2.24) is 0 Å². The molecule has 0 saturated heterocycles. The summed E-state index contributed by atoms with van der Waals surface area (Å²) in [6.45, 7) is 5.30. The van der Waals surface area contributed by atoms with Crippen molar-refractivity contribution in [2.45, 2.75) is 20.3 Å². The Morgan fingerprint density at radius 2 is 1.81 bits per heavy atom. The topological polar surface area (TPSA) is 61.6 Å². The van der Waals surface area contributed by atoms with Gasteiger partial charge in [0.15, 0.2) is 11.5 Å². The molecule has 0 aliphatic carbocycles. The van der Waals surface area contributed by atoms with Crippen molar-refractivity contribution in [3.8, 4) is 11.5 Å². The van der Waals surface area contributed by atoms with Gasteiger partial charge in [0, 0.05) is 5.56 Å². The summed E-state index contributed by atoms with van der Waals surface area (Å²) in [5, 5.41) is 0. The lowest BCUT2D eigenvalue weighted by Crippen LogP contribution is -2.17. The number of carbonyl (C=O) groups is 1. The third-order valence-electron chi connectivity index (χ3n) is 1.83. The van der Waals surface area contributed by atoms with Gasteiger partial charge in [-0.15, -0.1) is 0 Å². The Kier molecular flexibility index (Phi) is 4.64. The fraction of sp³-hybridized carbons (Fsp3) is 0.417. The second kappa shape index (κ2) is 6.00. The fourth-order valence-corrected chi connectivity index (χ4v) is 1.20. The maximum atomic E-state index is 10.8. The van der Waals surface area contributed by atoms with Crippen LogP contribution in [-0.2, 0) is 0 Å². The molecule has 1 heterocycles. The van der Waals surface area contributed by atoms with Crippen molar-refractivity contribution in [1.29, 1.82) is 0 Å². The molecule has 16 heavy (non-hydrogen) atoms. The van der Waals surface area contributed by atoms with Crippen LogP contribution >= 0.6 is 0 Å². The number of rotatable bonds is 1. The van der Waals surface area contributed by atoms with Crippen LogP contribution < -0.4 is 15.2 Å². The summed E-state index contributed by atoms with van der Waals surface area (Å²) < 4.78 is 10.6. The molecule has 4 heteroatoms. The normalized spacial score (nSPS) is 12.4. The van der Waals surface area contributed by atoms with Gasteiger partial charge >= 0.3 is 0 Å². The number of primary amides is 1. The molecule has 1 amide bonds. The number of hydrogen-bond acceptors (Lipinski definition) is 3. The Hall–Kier alpha value is -1.71. The number of carbonyl (C=O) groups excluding carboxylic acids is 1. The van der Waals surface area contributed by atoms with Gasteiger partial charge in [-0.05, 0) is 18.2 Å². The summed E-state index contributed by atoms with van der Waals surface area (Å²) in [7, 11) is 0. The highest BCUT2D eigenvalue weighted by molar-refractivity contribution is 5.93. The lowest BCUT2D eigenvalue weighted by Gasteiger charge is -2.18. The maximum Gasteiger partial charge on any atom is 0.248 e. The average molecular weight is 223 g/mol. The van der Waals surface area contributed by atoms with Gasteiger partial charge in [0.05, 0.1) is 0 Å². The zero-order valence-corrected chi connectivity index (χ0v) is 9.66. The van der Waals surface area contributed by atoms with Crippen LogP contribution in [-0.4, -0.2) is 19.1 Å². The molecule has 0 unspecified atom stereocenters. The van der Waals surface area contributed by atoms with Crippen molar-refractivity contribution in [3.05, 3.63) is 23.8 Å². The first-order chi connectivity index (χ1) is 7.69. The quantitative estimate of drug-likeness (QED) is 0.791. The number of amides is 1. The van der Waals surface area contributed by atoms with Gasteiger partial charge in [0.1, 0.15) is 13.2 Å². The predicted octanol–water partition coefficient (Wildman–Crippen LogP) is 1.97. The smallest absolute Gasteiger partial charge is 0.248 e. The molecule has 2 N–H and O–H groups in total. The van der Waals surface area contributed by atoms with E-state index in [-0.39, 0.29) is 0 Å². The highest BCUT2D eigenvalue weighted by Crippen LogP contribution is 2.30. The van der Waals surface area contributed by atoms with E-state index < -0.39 is 5.91 Å². The number of benzene rings is 1. The minimum Gasteiger partial charge on any atom is -0.486 e.